The van der Waals surface area contributed by atoms with E-state index in [1.807, 2.05) is 0 Å². The van der Waals surface area contributed by atoms with E-state index in [1.54, 1.807) is 27.7 Å². The largest absolute Gasteiger partial charge is 0.476 e. The summed E-state index contributed by atoms with van der Waals surface area (Å²) >= 11 is 0. The van der Waals surface area contributed by atoms with E-state index in [0.717, 1.165) is 6.07 Å². The molecular weight excluding hydrogens is 350 g/mol. The van der Waals surface area contributed by atoms with E-state index in [9.17, 15) is 23.5 Å². The number of nitrogens with one attached hydrogen (secondary N) is 1. The molecule has 0 aliphatic heterocycles. The number of carbonyl (C=O) groups is 2. The summed E-state index contributed by atoms with van der Waals surface area (Å²) in [6, 6.07) is 0.820. The van der Waals surface area contributed by atoms with Gasteiger partial charge in [-0.3, -0.25) is 5.32 Å². The number of rotatable bonds is 7. The number of aromatic carboxylic acids is 1. The minimum absolute atomic E-state index is 0.352. The van der Waals surface area contributed by atoms with Gasteiger partial charge in [-0.2, -0.15) is 0 Å². The fourth-order valence-electron chi connectivity index (χ4n) is 1.91. The lowest BCUT2D eigenvalue weighted by Crippen LogP contribution is -2.28. The highest BCUT2D eigenvalue weighted by molar-refractivity contribution is 5.97. The summed E-state index contributed by atoms with van der Waals surface area (Å²) in [6.45, 7) is 9.93. The summed E-state index contributed by atoms with van der Waals surface area (Å²) in [6.07, 6.45) is -2.64. The normalized spacial score (nSPS) is 12.4. The van der Waals surface area contributed by atoms with Gasteiger partial charge in [0.15, 0.2) is 5.69 Å². The predicted molar refractivity (Wildman–Crippen MR) is 90.9 cm³/mol. The van der Waals surface area contributed by atoms with Gasteiger partial charge in [-0.05, 0) is 33.8 Å². The molecule has 1 unspecified atom stereocenters. The van der Waals surface area contributed by atoms with E-state index in [4.69, 9.17) is 9.47 Å². The molecule has 1 amide bonds. The van der Waals surface area contributed by atoms with Crippen LogP contribution in [-0.4, -0.2) is 33.9 Å². The average molecular weight is 372 g/mol. The standard InChI is InChI=1S/C17H22F2N2O5/c1-6-7-9(2)25-14-10(13(18)19)8-11(12(21-14)15(22)23)20-16(24)26-17(3,4)5/h6,8-9,13H,1,7H2,2-5H3,(H,20,24)(H,22,23). The lowest BCUT2D eigenvalue weighted by atomic mass is 10.2. The molecule has 144 valence electrons. The third kappa shape index (κ3) is 6.30. The fourth-order valence-corrected chi connectivity index (χ4v) is 1.91. The third-order valence-corrected chi connectivity index (χ3v) is 2.90. The molecule has 1 aromatic heterocycles. The number of carboxylic acid groups (broad SMARTS) is 1. The second-order valence-corrected chi connectivity index (χ2v) is 6.46. The van der Waals surface area contributed by atoms with Crippen molar-refractivity contribution in [3.63, 3.8) is 0 Å². The van der Waals surface area contributed by atoms with Crippen molar-refractivity contribution >= 4 is 17.7 Å². The highest BCUT2D eigenvalue weighted by Gasteiger charge is 2.26. The molecule has 0 fully saturated rings. The van der Waals surface area contributed by atoms with E-state index >= 15 is 0 Å². The van der Waals surface area contributed by atoms with Crippen LogP contribution in [0.1, 0.15) is 56.6 Å². The van der Waals surface area contributed by atoms with Gasteiger partial charge in [0.25, 0.3) is 6.43 Å². The number of amides is 1. The van der Waals surface area contributed by atoms with E-state index in [-0.39, 0.29) is 0 Å². The molecule has 0 aromatic carbocycles. The molecule has 1 atom stereocenters. The Balaban J connectivity index is 3.29. The number of aromatic nitrogens is 1. The van der Waals surface area contributed by atoms with Crippen LogP contribution >= 0.6 is 0 Å². The average Bonchev–Trinajstić information content (AvgIpc) is 2.45. The molecule has 9 heteroatoms. The zero-order valence-electron chi connectivity index (χ0n) is 15.0. The minimum Gasteiger partial charge on any atom is -0.476 e. The molecule has 0 spiro atoms. The van der Waals surface area contributed by atoms with Crippen LogP contribution in [0.15, 0.2) is 18.7 Å². The Hall–Kier alpha value is -2.71. The number of halogens is 2. The first kappa shape index (κ1) is 21.3. The smallest absolute Gasteiger partial charge is 0.412 e. The van der Waals surface area contributed by atoms with E-state index in [2.05, 4.69) is 16.9 Å². The van der Waals surface area contributed by atoms with Gasteiger partial charge in [0.2, 0.25) is 5.88 Å². The first-order valence-electron chi connectivity index (χ1n) is 7.78. The number of pyridine rings is 1. The lowest BCUT2D eigenvalue weighted by Gasteiger charge is -2.21. The summed E-state index contributed by atoms with van der Waals surface area (Å²) in [5, 5.41) is 11.4. The minimum atomic E-state index is -2.99. The van der Waals surface area contributed by atoms with Crippen molar-refractivity contribution in [3.8, 4) is 5.88 Å². The van der Waals surface area contributed by atoms with Crippen molar-refractivity contribution in [3.05, 3.63) is 30.0 Å². The predicted octanol–water partition coefficient (Wildman–Crippen LogP) is 4.41. The van der Waals surface area contributed by atoms with Crippen LogP contribution in [0.2, 0.25) is 0 Å². The van der Waals surface area contributed by atoms with Crippen LogP contribution < -0.4 is 10.1 Å². The number of nitrogens with zero attached hydrogens (tertiary/aromatic N) is 1. The van der Waals surface area contributed by atoms with Crippen molar-refractivity contribution in [2.24, 2.45) is 0 Å². The first-order valence-corrected chi connectivity index (χ1v) is 7.78. The highest BCUT2D eigenvalue weighted by Crippen LogP contribution is 2.32. The molecule has 1 aromatic rings. The second kappa shape index (κ2) is 8.59. The molecule has 0 aliphatic rings. The van der Waals surface area contributed by atoms with Gasteiger partial charge in [-0.1, -0.05) is 6.08 Å². The van der Waals surface area contributed by atoms with Crippen LogP contribution in [0.3, 0.4) is 0 Å². The Morgan fingerprint density at radius 3 is 2.50 bits per heavy atom. The number of alkyl halides is 2. The van der Waals surface area contributed by atoms with Crippen molar-refractivity contribution < 1.29 is 33.0 Å². The molecule has 7 nitrogen and oxygen atoms in total. The van der Waals surface area contributed by atoms with Crippen LogP contribution in [0.25, 0.3) is 0 Å². The monoisotopic (exact) mass is 372 g/mol. The Bertz CT molecular complexity index is 686. The molecule has 0 saturated heterocycles. The molecule has 0 radical (unpaired) electrons. The molecule has 0 bridgehead atoms. The summed E-state index contributed by atoms with van der Waals surface area (Å²) < 4.78 is 37.0. The van der Waals surface area contributed by atoms with Crippen LogP contribution in [0, 0.1) is 0 Å². The fraction of sp³-hybridized carbons (Fsp3) is 0.471. The number of carboxylic acids is 1. The topological polar surface area (TPSA) is 97.8 Å². The maximum atomic E-state index is 13.4. The van der Waals surface area contributed by atoms with Crippen molar-refractivity contribution in [2.45, 2.75) is 52.2 Å². The Labute approximate surface area is 150 Å². The Morgan fingerprint density at radius 2 is 2.04 bits per heavy atom. The van der Waals surface area contributed by atoms with E-state index < -0.39 is 53.0 Å². The first-order chi connectivity index (χ1) is 11.9. The van der Waals surface area contributed by atoms with Gasteiger partial charge >= 0.3 is 12.1 Å². The van der Waals surface area contributed by atoms with E-state index in [1.165, 1.54) is 6.08 Å². The van der Waals surface area contributed by atoms with Gasteiger partial charge in [0.05, 0.1) is 11.3 Å². The zero-order chi connectivity index (χ0) is 20.1. The quantitative estimate of drug-likeness (QED) is 0.688. The summed E-state index contributed by atoms with van der Waals surface area (Å²) in [5.74, 6) is -2.03. The molecule has 2 N–H and O–H groups in total. The molecule has 0 aliphatic carbocycles. The SMILES string of the molecule is C=CCC(C)Oc1nc(C(=O)O)c(NC(=O)OC(C)(C)C)cc1C(F)F. The molecule has 1 heterocycles. The van der Waals surface area contributed by atoms with Gasteiger partial charge < -0.3 is 14.6 Å². The zero-order valence-corrected chi connectivity index (χ0v) is 15.0. The van der Waals surface area contributed by atoms with Crippen LogP contribution in [-0.2, 0) is 4.74 Å². The van der Waals surface area contributed by atoms with Gasteiger partial charge in [0.1, 0.15) is 11.7 Å². The summed E-state index contributed by atoms with van der Waals surface area (Å²) in [7, 11) is 0. The number of anilines is 1. The molecular formula is C17H22F2N2O5. The summed E-state index contributed by atoms with van der Waals surface area (Å²) in [5.41, 5.74) is -2.54. The molecule has 0 saturated carbocycles. The van der Waals surface area contributed by atoms with Crippen molar-refractivity contribution in [2.75, 3.05) is 5.32 Å². The highest BCUT2D eigenvalue weighted by atomic mass is 19.3. The van der Waals surface area contributed by atoms with E-state index in [0.29, 0.717) is 6.42 Å². The van der Waals surface area contributed by atoms with Gasteiger partial charge in [-0.15, -0.1) is 6.58 Å². The number of ether oxygens (including phenoxy) is 2. The van der Waals surface area contributed by atoms with Crippen molar-refractivity contribution in [1.29, 1.82) is 0 Å². The maximum Gasteiger partial charge on any atom is 0.412 e. The third-order valence-electron chi connectivity index (χ3n) is 2.90. The van der Waals surface area contributed by atoms with Gasteiger partial charge in [-0.25, -0.2) is 23.4 Å². The number of carbonyl (C=O) groups excluding carboxylic acids is 1. The Kier molecular flexibility index (Phi) is 7.05. The second-order valence-electron chi connectivity index (χ2n) is 6.46. The van der Waals surface area contributed by atoms with Crippen molar-refractivity contribution in [1.82, 2.24) is 4.98 Å². The maximum absolute atomic E-state index is 13.4. The Morgan fingerprint density at radius 1 is 1.42 bits per heavy atom. The number of hydrogen-bond acceptors (Lipinski definition) is 5. The van der Waals surface area contributed by atoms with Crippen LogP contribution in [0.4, 0.5) is 19.3 Å². The molecule has 1 rings (SSSR count). The van der Waals surface area contributed by atoms with Gasteiger partial charge in [0, 0.05) is 6.42 Å². The molecule has 26 heavy (non-hydrogen) atoms. The lowest BCUT2D eigenvalue weighted by molar-refractivity contribution is 0.0635. The summed E-state index contributed by atoms with van der Waals surface area (Å²) in [4.78, 5) is 26.9. The van der Waals surface area contributed by atoms with Crippen LogP contribution in [0.5, 0.6) is 5.88 Å². The number of hydrogen-bond donors (Lipinski definition) is 2.